The lowest BCUT2D eigenvalue weighted by molar-refractivity contribution is 1.10. The van der Waals surface area contributed by atoms with Crippen molar-refractivity contribution in [2.75, 3.05) is 7.05 Å². The molecule has 3 aromatic heterocycles. The van der Waals surface area contributed by atoms with Gasteiger partial charge in [-0.1, -0.05) is 34.3 Å². The first-order valence-corrected chi connectivity index (χ1v) is 11.1. The first-order chi connectivity index (χ1) is 14.2. The zero-order valence-corrected chi connectivity index (χ0v) is 21.5. The van der Waals surface area contributed by atoms with Crippen LogP contribution in [-0.2, 0) is 0 Å². The quantitative estimate of drug-likeness (QED) is 0.338. The molecule has 3 heterocycles. The van der Waals surface area contributed by atoms with Crippen LogP contribution in [-0.4, -0.2) is 32.8 Å². The summed E-state index contributed by atoms with van der Waals surface area (Å²) in [5.74, 6) is 1.82. The highest BCUT2D eigenvalue weighted by Gasteiger charge is 1.98. The summed E-state index contributed by atoms with van der Waals surface area (Å²) < 4.78 is 0. The Morgan fingerprint density at radius 3 is 2.00 bits per heavy atom. The van der Waals surface area contributed by atoms with E-state index in [1.165, 1.54) is 4.88 Å². The molecule has 0 radical (unpaired) electrons. The van der Waals surface area contributed by atoms with Gasteiger partial charge in [0.2, 0.25) is 0 Å². The average molecular weight is 433 g/mol. The lowest BCUT2D eigenvalue weighted by Gasteiger charge is -2.00. The molecule has 0 saturated carbocycles. The molecule has 0 amide bonds. The molecule has 0 aliphatic carbocycles. The Labute approximate surface area is 187 Å². The van der Waals surface area contributed by atoms with E-state index in [0.717, 1.165) is 39.1 Å². The van der Waals surface area contributed by atoms with Crippen LogP contribution in [0.3, 0.4) is 0 Å². The Morgan fingerprint density at radius 2 is 1.63 bits per heavy atom. The molecule has 3 rings (SSSR count). The SMILES string of the molecule is C=C(C)NC(C)=NC.CC.CC.Cc1cnc(C)s1.Cc1cnc2nc(C)[nH]c2c1. The lowest BCUT2D eigenvalue weighted by Crippen LogP contribution is -2.16. The molecule has 0 bridgehead atoms. The summed E-state index contributed by atoms with van der Waals surface area (Å²) in [6.45, 7) is 23.5. The van der Waals surface area contributed by atoms with Gasteiger partial charge in [0.05, 0.1) is 16.4 Å². The molecule has 0 spiro atoms. The maximum absolute atomic E-state index is 4.19. The number of aliphatic imine (C=N–C) groups is 1. The van der Waals surface area contributed by atoms with Crippen molar-refractivity contribution < 1.29 is 0 Å². The topological polar surface area (TPSA) is 78.8 Å². The van der Waals surface area contributed by atoms with Gasteiger partial charge >= 0.3 is 0 Å². The van der Waals surface area contributed by atoms with E-state index in [4.69, 9.17) is 0 Å². The minimum absolute atomic E-state index is 0.799. The largest absolute Gasteiger partial charge is 0.349 e. The van der Waals surface area contributed by atoms with Gasteiger partial charge in [-0.25, -0.2) is 15.0 Å². The fourth-order valence-corrected chi connectivity index (χ4v) is 2.63. The Balaban J connectivity index is 0. The summed E-state index contributed by atoms with van der Waals surface area (Å²) in [7, 11) is 1.74. The smallest absolute Gasteiger partial charge is 0.177 e. The number of thiazole rings is 1. The number of hydrogen-bond donors (Lipinski definition) is 2. The van der Waals surface area contributed by atoms with Crippen LogP contribution in [0.2, 0.25) is 0 Å². The second-order valence-corrected chi connectivity index (χ2v) is 7.35. The van der Waals surface area contributed by atoms with Gasteiger partial charge in [0.1, 0.15) is 5.82 Å². The van der Waals surface area contributed by atoms with Gasteiger partial charge in [-0.2, -0.15) is 0 Å². The normalized spacial score (nSPS) is 9.50. The number of H-pyrrole nitrogens is 1. The second-order valence-electron chi connectivity index (χ2n) is 5.91. The van der Waals surface area contributed by atoms with Crippen molar-refractivity contribution in [1.82, 2.24) is 25.3 Å². The number of rotatable bonds is 1. The van der Waals surface area contributed by atoms with Crippen LogP contribution >= 0.6 is 11.3 Å². The average Bonchev–Trinajstić information content (AvgIpc) is 3.28. The van der Waals surface area contributed by atoms with Gasteiger partial charge in [-0.3, -0.25) is 4.99 Å². The third kappa shape index (κ3) is 13.6. The van der Waals surface area contributed by atoms with Crippen molar-refractivity contribution >= 4 is 28.3 Å². The molecule has 0 unspecified atom stereocenters. The predicted octanol–water partition coefficient (Wildman–Crippen LogP) is 6.54. The number of imidazole rings is 1. The summed E-state index contributed by atoms with van der Waals surface area (Å²) >= 11 is 1.73. The number of hydrogen-bond acceptors (Lipinski definition) is 5. The second kappa shape index (κ2) is 17.3. The van der Waals surface area contributed by atoms with Gasteiger partial charge in [0.15, 0.2) is 5.65 Å². The maximum Gasteiger partial charge on any atom is 0.177 e. The molecule has 6 nitrogen and oxygen atoms in total. The minimum atomic E-state index is 0.799. The number of aromatic nitrogens is 4. The Morgan fingerprint density at radius 1 is 1.03 bits per heavy atom. The van der Waals surface area contributed by atoms with E-state index in [9.17, 15) is 0 Å². The van der Waals surface area contributed by atoms with Gasteiger partial charge in [-0.15, -0.1) is 11.3 Å². The van der Waals surface area contributed by atoms with Crippen LogP contribution in [0.15, 0.2) is 35.7 Å². The lowest BCUT2D eigenvalue weighted by atomic mass is 10.3. The summed E-state index contributed by atoms with van der Waals surface area (Å²) in [5.41, 5.74) is 3.89. The molecule has 0 aromatic carbocycles. The standard InChI is InChI=1S/C8H9N3.C6H12N2.C5H7NS.2C2H6/c1-5-3-7-8(9-4-5)11-6(2)10-7;1-5(2)8-6(3)7-4;1-4-3-6-5(2)7-4;2*1-2/h3-4H,1-2H3,(H,9,10,11);1H2,2-4H3,(H,7,8);3H,1-2H3;2*1-2H3. The summed E-state index contributed by atoms with van der Waals surface area (Å²) in [6, 6.07) is 2.04. The van der Waals surface area contributed by atoms with Gasteiger partial charge < -0.3 is 10.3 Å². The molecule has 0 fully saturated rings. The number of fused-ring (bicyclic) bond motifs is 1. The number of nitrogens with zero attached hydrogens (tertiary/aromatic N) is 4. The van der Waals surface area contributed by atoms with E-state index >= 15 is 0 Å². The number of aryl methyl sites for hydroxylation is 4. The van der Waals surface area contributed by atoms with Gasteiger partial charge in [0.25, 0.3) is 0 Å². The minimum Gasteiger partial charge on any atom is -0.349 e. The molecule has 168 valence electrons. The first-order valence-electron chi connectivity index (χ1n) is 10.2. The fraction of sp³-hybridized carbons (Fsp3) is 0.478. The molecular weight excluding hydrogens is 392 g/mol. The molecular formula is C23H40N6S. The highest BCUT2D eigenvalue weighted by Crippen LogP contribution is 2.09. The highest BCUT2D eigenvalue weighted by molar-refractivity contribution is 7.11. The van der Waals surface area contributed by atoms with E-state index in [-0.39, 0.29) is 0 Å². The van der Waals surface area contributed by atoms with E-state index in [1.807, 2.05) is 80.8 Å². The zero-order chi connectivity index (χ0) is 23.7. The van der Waals surface area contributed by atoms with E-state index in [1.54, 1.807) is 18.4 Å². The van der Waals surface area contributed by atoms with Gasteiger partial charge in [-0.05, 0) is 53.2 Å². The Hall–Kier alpha value is -2.54. The molecule has 0 saturated heterocycles. The van der Waals surface area contributed by atoms with Crippen LogP contribution in [0.25, 0.3) is 11.2 Å². The zero-order valence-electron chi connectivity index (χ0n) is 20.6. The number of aromatic amines is 1. The number of amidine groups is 1. The van der Waals surface area contributed by atoms with E-state index in [2.05, 4.69) is 43.7 Å². The summed E-state index contributed by atoms with van der Waals surface area (Å²) in [4.78, 5) is 20.7. The maximum atomic E-state index is 4.19. The third-order valence-corrected chi connectivity index (χ3v) is 3.89. The van der Waals surface area contributed by atoms with Crippen LogP contribution in [0.4, 0.5) is 0 Å². The van der Waals surface area contributed by atoms with Crippen LogP contribution in [0, 0.1) is 27.7 Å². The van der Waals surface area contributed by atoms with Crippen molar-refractivity contribution in [3.05, 3.63) is 52.0 Å². The predicted molar refractivity (Wildman–Crippen MR) is 135 cm³/mol. The monoisotopic (exact) mass is 432 g/mol. The van der Waals surface area contributed by atoms with Crippen molar-refractivity contribution in [2.24, 2.45) is 4.99 Å². The molecule has 7 heteroatoms. The highest BCUT2D eigenvalue weighted by atomic mass is 32.1. The van der Waals surface area contributed by atoms with Gasteiger partial charge in [0, 0.05) is 30.0 Å². The Bertz CT molecular complexity index is 860. The van der Waals surface area contributed by atoms with E-state index in [0.29, 0.717) is 0 Å². The number of allylic oxidation sites excluding steroid dienone is 1. The third-order valence-electron chi connectivity index (χ3n) is 3.06. The molecule has 2 N–H and O–H groups in total. The van der Waals surface area contributed by atoms with E-state index < -0.39 is 0 Å². The fourth-order valence-electron chi connectivity index (χ4n) is 1.96. The van der Waals surface area contributed by atoms with Crippen molar-refractivity contribution in [2.45, 2.75) is 69.2 Å². The number of pyridine rings is 1. The molecule has 0 aliphatic rings. The first kappa shape index (κ1) is 29.7. The molecule has 3 aromatic rings. The van der Waals surface area contributed by atoms with Crippen LogP contribution in [0.1, 0.15) is 62.8 Å². The van der Waals surface area contributed by atoms with Crippen molar-refractivity contribution in [1.29, 1.82) is 0 Å². The van der Waals surface area contributed by atoms with Crippen LogP contribution in [0.5, 0.6) is 0 Å². The van der Waals surface area contributed by atoms with Crippen molar-refractivity contribution in [3.8, 4) is 0 Å². The Kier molecular flexibility index (Phi) is 17.1. The van der Waals surface area contributed by atoms with Crippen molar-refractivity contribution in [3.63, 3.8) is 0 Å². The summed E-state index contributed by atoms with van der Waals surface area (Å²) in [5, 5.41) is 4.10. The molecule has 30 heavy (non-hydrogen) atoms. The number of nitrogens with one attached hydrogen (secondary N) is 2. The molecule has 0 aliphatic heterocycles. The molecule has 0 atom stereocenters. The summed E-state index contributed by atoms with van der Waals surface area (Å²) in [6.07, 6.45) is 3.71. The van der Waals surface area contributed by atoms with Crippen LogP contribution < -0.4 is 5.32 Å².